The number of benzene rings is 1. The first-order valence-electron chi connectivity index (χ1n) is 11.0. The molecule has 1 aromatic carbocycles. The smallest absolute Gasteiger partial charge is 0.409 e. The Bertz CT molecular complexity index is 1100. The Labute approximate surface area is 202 Å². The van der Waals surface area contributed by atoms with Gasteiger partial charge in [-0.05, 0) is 30.5 Å². The molecule has 10 nitrogen and oxygen atoms in total. The minimum absolute atomic E-state index is 0.0615. The highest BCUT2D eigenvalue weighted by Gasteiger charge is 2.42. The van der Waals surface area contributed by atoms with Gasteiger partial charge in [0.1, 0.15) is 10.3 Å². The lowest BCUT2D eigenvalue weighted by Gasteiger charge is -2.38. The Morgan fingerprint density at radius 2 is 1.91 bits per heavy atom. The van der Waals surface area contributed by atoms with E-state index in [9.17, 15) is 18.0 Å². The summed E-state index contributed by atoms with van der Waals surface area (Å²) in [6.45, 7) is 0.402. The fourth-order valence-corrected chi connectivity index (χ4v) is 6.90. The molecule has 184 valence electrons. The largest absolute Gasteiger partial charge is 0.453 e. The molecule has 12 heteroatoms. The molecule has 2 saturated heterocycles. The molecule has 2 amide bonds. The molecule has 3 heterocycles. The van der Waals surface area contributed by atoms with E-state index in [0.29, 0.717) is 13.0 Å². The SMILES string of the molecule is COC(=O)N1CCN(S(=O)(=O)c2ccc(-c3ccccc3)s2)[C@@H](C(=O)NOC2CCCCO2)C1. The first-order chi connectivity index (χ1) is 16.4. The van der Waals surface area contributed by atoms with E-state index in [1.807, 2.05) is 30.3 Å². The van der Waals surface area contributed by atoms with Crippen LogP contribution in [0.1, 0.15) is 19.3 Å². The summed E-state index contributed by atoms with van der Waals surface area (Å²) in [5, 5.41) is 0. The molecule has 0 bridgehead atoms. The molecule has 1 unspecified atom stereocenters. The first-order valence-corrected chi connectivity index (χ1v) is 13.2. The maximum absolute atomic E-state index is 13.6. The van der Waals surface area contributed by atoms with Gasteiger partial charge in [0.2, 0.25) is 0 Å². The number of thiophene rings is 1. The minimum Gasteiger partial charge on any atom is -0.453 e. The summed E-state index contributed by atoms with van der Waals surface area (Å²) in [7, 11) is -2.78. The average molecular weight is 510 g/mol. The number of amides is 2. The molecule has 2 aromatic rings. The molecule has 2 atom stereocenters. The van der Waals surface area contributed by atoms with Crippen LogP contribution in [0, 0.1) is 0 Å². The van der Waals surface area contributed by atoms with Gasteiger partial charge in [-0.3, -0.25) is 4.79 Å². The molecular weight excluding hydrogens is 482 g/mol. The number of hydrogen-bond acceptors (Lipinski definition) is 8. The molecule has 2 aliphatic heterocycles. The van der Waals surface area contributed by atoms with Gasteiger partial charge < -0.3 is 14.4 Å². The molecular formula is C22H27N3O7S2. The molecule has 0 spiro atoms. The van der Waals surface area contributed by atoms with E-state index >= 15 is 0 Å². The van der Waals surface area contributed by atoms with E-state index in [2.05, 4.69) is 5.48 Å². The molecule has 0 aliphatic carbocycles. The molecule has 34 heavy (non-hydrogen) atoms. The third-order valence-corrected chi connectivity index (χ3v) is 9.21. The Hall–Kier alpha value is -2.51. The summed E-state index contributed by atoms with van der Waals surface area (Å²) >= 11 is 1.13. The fraction of sp³-hybridized carbons (Fsp3) is 0.455. The van der Waals surface area contributed by atoms with Crippen LogP contribution in [0.15, 0.2) is 46.7 Å². The van der Waals surface area contributed by atoms with Crippen molar-refractivity contribution >= 4 is 33.4 Å². The lowest BCUT2D eigenvalue weighted by atomic mass is 10.2. The predicted octanol–water partition coefficient (Wildman–Crippen LogP) is 2.43. The third kappa shape index (κ3) is 5.41. The summed E-state index contributed by atoms with van der Waals surface area (Å²) in [6, 6.07) is 11.5. The van der Waals surface area contributed by atoms with E-state index in [0.717, 1.165) is 38.9 Å². The van der Waals surface area contributed by atoms with Gasteiger partial charge in [-0.25, -0.2) is 23.5 Å². The number of hydroxylamine groups is 1. The van der Waals surface area contributed by atoms with Gasteiger partial charge in [0.05, 0.1) is 7.11 Å². The Balaban J connectivity index is 1.55. The Morgan fingerprint density at radius 1 is 1.12 bits per heavy atom. The van der Waals surface area contributed by atoms with Gasteiger partial charge in [0.25, 0.3) is 15.9 Å². The van der Waals surface area contributed by atoms with E-state index in [1.165, 1.54) is 18.1 Å². The quantitative estimate of drug-likeness (QED) is 0.595. The van der Waals surface area contributed by atoms with Crippen LogP contribution in [0.25, 0.3) is 10.4 Å². The van der Waals surface area contributed by atoms with Crippen molar-refractivity contribution in [2.24, 2.45) is 0 Å². The minimum atomic E-state index is -4.02. The normalized spacial score (nSPS) is 21.7. The van der Waals surface area contributed by atoms with E-state index < -0.39 is 34.4 Å². The summed E-state index contributed by atoms with van der Waals surface area (Å²) in [5.41, 5.74) is 3.24. The summed E-state index contributed by atoms with van der Waals surface area (Å²) in [6.07, 6.45) is 1.23. The van der Waals surface area contributed by atoms with Crippen molar-refractivity contribution < 1.29 is 32.3 Å². The number of rotatable bonds is 6. The number of piperazine rings is 1. The van der Waals surface area contributed by atoms with Crippen LogP contribution in [-0.2, 0) is 29.1 Å². The number of carbonyl (C=O) groups excluding carboxylic acids is 2. The molecule has 2 aliphatic rings. The van der Waals surface area contributed by atoms with Crippen LogP contribution in [0.2, 0.25) is 0 Å². The van der Waals surface area contributed by atoms with E-state index in [1.54, 1.807) is 6.07 Å². The zero-order valence-corrected chi connectivity index (χ0v) is 20.3. The highest BCUT2D eigenvalue weighted by molar-refractivity contribution is 7.91. The predicted molar refractivity (Wildman–Crippen MR) is 124 cm³/mol. The number of nitrogens with one attached hydrogen (secondary N) is 1. The van der Waals surface area contributed by atoms with Gasteiger partial charge in [0, 0.05) is 37.5 Å². The van der Waals surface area contributed by atoms with Crippen molar-refractivity contribution in [1.29, 1.82) is 0 Å². The van der Waals surface area contributed by atoms with Gasteiger partial charge in [-0.2, -0.15) is 4.31 Å². The van der Waals surface area contributed by atoms with Crippen molar-refractivity contribution in [1.82, 2.24) is 14.7 Å². The summed E-state index contributed by atoms with van der Waals surface area (Å²) in [5.74, 6) is -0.675. The van der Waals surface area contributed by atoms with Crippen molar-refractivity contribution in [2.45, 2.75) is 35.8 Å². The van der Waals surface area contributed by atoms with Crippen LogP contribution >= 0.6 is 11.3 Å². The van der Waals surface area contributed by atoms with Crippen LogP contribution in [-0.4, -0.2) is 75.3 Å². The topological polar surface area (TPSA) is 114 Å². The number of hydrogen-bond donors (Lipinski definition) is 1. The molecule has 2 fully saturated rings. The highest BCUT2D eigenvalue weighted by Crippen LogP contribution is 2.33. The van der Waals surface area contributed by atoms with Crippen LogP contribution in [0.5, 0.6) is 0 Å². The molecule has 1 aromatic heterocycles. The van der Waals surface area contributed by atoms with E-state index in [4.69, 9.17) is 14.3 Å². The number of carbonyl (C=O) groups is 2. The summed E-state index contributed by atoms with van der Waals surface area (Å²) < 4.78 is 38.6. The van der Waals surface area contributed by atoms with Gasteiger partial charge in [-0.15, -0.1) is 11.3 Å². The maximum atomic E-state index is 13.6. The first kappa shape index (κ1) is 24.6. The zero-order chi connectivity index (χ0) is 24.1. The van der Waals surface area contributed by atoms with Gasteiger partial charge in [-0.1, -0.05) is 30.3 Å². The Morgan fingerprint density at radius 3 is 2.62 bits per heavy atom. The standard InChI is InChI=1S/C22H27N3O7S2/c1-30-22(27)24-12-13-25(17(15-24)21(26)23-32-19-9-5-6-14-31-19)34(28,29)20-11-10-18(33-20)16-7-3-2-4-8-16/h2-4,7-8,10-11,17,19H,5-6,9,12-15H2,1H3,(H,23,26)/t17-,19?/m1/s1. The monoisotopic (exact) mass is 509 g/mol. The van der Waals surface area contributed by atoms with Crippen molar-refractivity contribution in [3.05, 3.63) is 42.5 Å². The Kier molecular flexibility index (Phi) is 7.84. The second kappa shape index (κ2) is 10.8. The molecule has 4 rings (SSSR count). The zero-order valence-electron chi connectivity index (χ0n) is 18.7. The van der Waals surface area contributed by atoms with Crippen LogP contribution in [0.4, 0.5) is 4.79 Å². The average Bonchev–Trinajstić information content (AvgIpc) is 3.39. The number of nitrogens with zero attached hydrogens (tertiary/aromatic N) is 2. The molecule has 0 radical (unpaired) electrons. The van der Waals surface area contributed by atoms with Crippen molar-refractivity contribution in [3.8, 4) is 10.4 Å². The van der Waals surface area contributed by atoms with Gasteiger partial charge >= 0.3 is 6.09 Å². The van der Waals surface area contributed by atoms with Crippen LogP contribution < -0.4 is 5.48 Å². The van der Waals surface area contributed by atoms with Gasteiger partial charge in [0.15, 0.2) is 6.29 Å². The second-order valence-electron chi connectivity index (χ2n) is 7.91. The number of ether oxygens (including phenoxy) is 2. The summed E-state index contributed by atoms with van der Waals surface area (Å²) in [4.78, 5) is 32.6. The number of methoxy groups -OCH3 is 1. The highest BCUT2D eigenvalue weighted by atomic mass is 32.2. The second-order valence-corrected chi connectivity index (χ2v) is 11.1. The lowest BCUT2D eigenvalue weighted by Crippen LogP contribution is -2.61. The number of sulfonamides is 1. The third-order valence-electron chi connectivity index (χ3n) is 5.70. The van der Waals surface area contributed by atoms with Crippen LogP contribution in [0.3, 0.4) is 0 Å². The molecule has 1 N–H and O–H groups in total. The maximum Gasteiger partial charge on any atom is 0.409 e. The lowest BCUT2D eigenvalue weighted by molar-refractivity contribution is -0.202. The van der Waals surface area contributed by atoms with Crippen molar-refractivity contribution in [2.75, 3.05) is 33.4 Å². The fourth-order valence-electron chi connectivity index (χ4n) is 3.89. The van der Waals surface area contributed by atoms with E-state index in [-0.39, 0.29) is 23.8 Å². The molecule has 0 saturated carbocycles. The van der Waals surface area contributed by atoms with Crippen molar-refractivity contribution in [3.63, 3.8) is 0 Å².